The highest BCUT2D eigenvalue weighted by atomic mass is 16.5. The van der Waals surface area contributed by atoms with Gasteiger partial charge in [0, 0.05) is 38.8 Å². The number of hydrogen-bond donors (Lipinski definition) is 1. The molecule has 2 N–H and O–H groups in total. The van der Waals surface area contributed by atoms with E-state index in [9.17, 15) is 0 Å². The molecule has 2 rings (SSSR count). The summed E-state index contributed by atoms with van der Waals surface area (Å²) in [5.74, 6) is 0. The lowest BCUT2D eigenvalue weighted by atomic mass is 10.3. The van der Waals surface area contributed by atoms with Crippen molar-refractivity contribution in [2.24, 2.45) is 5.73 Å². The molecule has 0 unspecified atom stereocenters. The van der Waals surface area contributed by atoms with Gasteiger partial charge in [-0.05, 0) is 13.0 Å². The topological polar surface area (TPSA) is 41.7 Å². The summed E-state index contributed by atoms with van der Waals surface area (Å²) >= 11 is 0. The second-order valence-electron chi connectivity index (χ2n) is 4.30. The number of nitrogens with zero attached hydrogens (tertiary/aromatic N) is 2. The Morgan fingerprint density at radius 1 is 1.07 bits per heavy atom. The van der Waals surface area contributed by atoms with Gasteiger partial charge >= 0.3 is 0 Å². The van der Waals surface area contributed by atoms with Crippen molar-refractivity contribution in [1.82, 2.24) is 9.80 Å². The van der Waals surface area contributed by atoms with Crippen molar-refractivity contribution in [2.75, 3.05) is 52.5 Å². The summed E-state index contributed by atoms with van der Waals surface area (Å²) < 4.78 is 5.31. The Bertz CT molecular complexity index is 166. The van der Waals surface area contributed by atoms with Crippen LogP contribution in [-0.2, 0) is 4.74 Å². The number of morpholine rings is 1. The normalized spacial score (nSPS) is 31.1. The van der Waals surface area contributed by atoms with Crippen molar-refractivity contribution in [3.63, 3.8) is 0 Å². The number of ether oxygens (including phenoxy) is 1. The van der Waals surface area contributed by atoms with Gasteiger partial charge in [-0.3, -0.25) is 4.90 Å². The van der Waals surface area contributed by atoms with Crippen LogP contribution in [0.4, 0.5) is 0 Å². The number of rotatable bonds is 3. The smallest absolute Gasteiger partial charge is 0.0594 e. The summed E-state index contributed by atoms with van der Waals surface area (Å²) in [4.78, 5) is 4.95. The first-order valence-electron chi connectivity index (χ1n) is 5.62. The fourth-order valence-corrected chi connectivity index (χ4v) is 2.17. The van der Waals surface area contributed by atoms with E-state index in [-0.39, 0.29) is 0 Å². The molecular formula is C10H21N3O. The van der Waals surface area contributed by atoms with Crippen LogP contribution in [0.3, 0.4) is 0 Å². The van der Waals surface area contributed by atoms with E-state index in [0.29, 0.717) is 6.04 Å². The Hall–Kier alpha value is -0.160. The molecule has 4 heteroatoms. The summed E-state index contributed by atoms with van der Waals surface area (Å²) in [6.07, 6.45) is 1.17. The molecule has 1 atom stereocenters. The van der Waals surface area contributed by atoms with Gasteiger partial charge in [-0.2, -0.15) is 0 Å². The molecule has 0 saturated carbocycles. The first kappa shape index (κ1) is 10.4. The summed E-state index contributed by atoms with van der Waals surface area (Å²) in [5.41, 5.74) is 5.86. The van der Waals surface area contributed by atoms with Gasteiger partial charge in [0.1, 0.15) is 0 Å². The summed E-state index contributed by atoms with van der Waals surface area (Å²) in [7, 11) is 0. The zero-order valence-corrected chi connectivity index (χ0v) is 8.82. The number of likely N-dealkylation sites (tertiary alicyclic amines) is 1. The molecule has 2 aliphatic heterocycles. The molecule has 2 fully saturated rings. The molecule has 0 bridgehead atoms. The Morgan fingerprint density at radius 2 is 1.79 bits per heavy atom. The van der Waals surface area contributed by atoms with Gasteiger partial charge < -0.3 is 15.4 Å². The molecule has 2 aliphatic rings. The third-order valence-electron chi connectivity index (χ3n) is 3.14. The lowest BCUT2D eigenvalue weighted by Crippen LogP contribution is -2.41. The molecule has 2 saturated heterocycles. The lowest BCUT2D eigenvalue weighted by molar-refractivity contribution is 0.0343. The maximum Gasteiger partial charge on any atom is 0.0594 e. The van der Waals surface area contributed by atoms with Crippen LogP contribution in [0.5, 0.6) is 0 Å². The number of hydrogen-bond acceptors (Lipinski definition) is 4. The van der Waals surface area contributed by atoms with Crippen LogP contribution in [0.15, 0.2) is 0 Å². The van der Waals surface area contributed by atoms with Crippen LogP contribution in [0, 0.1) is 0 Å². The molecular weight excluding hydrogens is 178 g/mol. The van der Waals surface area contributed by atoms with Crippen LogP contribution in [-0.4, -0.2) is 68.3 Å². The second-order valence-corrected chi connectivity index (χ2v) is 4.30. The molecule has 14 heavy (non-hydrogen) atoms. The van der Waals surface area contributed by atoms with E-state index in [0.717, 1.165) is 32.8 Å². The van der Waals surface area contributed by atoms with E-state index in [1.165, 1.54) is 26.1 Å². The predicted octanol–water partition coefficient (Wildman–Crippen LogP) is -0.648. The van der Waals surface area contributed by atoms with E-state index in [4.69, 9.17) is 10.5 Å². The molecule has 0 spiro atoms. The zero-order chi connectivity index (χ0) is 9.80. The largest absolute Gasteiger partial charge is 0.379 e. The monoisotopic (exact) mass is 199 g/mol. The van der Waals surface area contributed by atoms with Crippen molar-refractivity contribution in [1.29, 1.82) is 0 Å². The molecule has 0 aromatic carbocycles. The van der Waals surface area contributed by atoms with Gasteiger partial charge in [0.15, 0.2) is 0 Å². The number of nitrogens with two attached hydrogens (primary N) is 1. The molecule has 0 aromatic heterocycles. The van der Waals surface area contributed by atoms with Gasteiger partial charge in [-0.15, -0.1) is 0 Å². The van der Waals surface area contributed by atoms with E-state index < -0.39 is 0 Å². The minimum absolute atomic E-state index is 0.416. The minimum atomic E-state index is 0.416. The Labute approximate surface area is 86.0 Å². The second kappa shape index (κ2) is 5.07. The van der Waals surface area contributed by atoms with Gasteiger partial charge in [-0.1, -0.05) is 0 Å². The molecule has 82 valence electrons. The predicted molar refractivity (Wildman–Crippen MR) is 56.3 cm³/mol. The van der Waals surface area contributed by atoms with Gasteiger partial charge in [0.05, 0.1) is 13.2 Å². The first-order valence-corrected chi connectivity index (χ1v) is 5.62. The molecule has 0 amide bonds. The quantitative estimate of drug-likeness (QED) is 0.656. The molecule has 4 nitrogen and oxygen atoms in total. The highest BCUT2D eigenvalue weighted by Gasteiger charge is 2.19. The van der Waals surface area contributed by atoms with Crippen LogP contribution >= 0.6 is 0 Å². The summed E-state index contributed by atoms with van der Waals surface area (Å²) in [6.45, 7) is 8.62. The van der Waals surface area contributed by atoms with Crippen LogP contribution in [0.1, 0.15) is 6.42 Å². The highest BCUT2D eigenvalue weighted by molar-refractivity contribution is 4.78. The standard InChI is InChI=1S/C10H21N3O/c11-10-1-2-13(9-10)4-3-12-5-7-14-8-6-12/h10H,1-9,11H2/t10-/m1/s1. The molecule has 0 aromatic rings. The third kappa shape index (κ3) is 2.92. The van der Waals surface area contributed by atoms with Crippen LogP contribution in [0.25, 0.3) is 0 Å². The highest BCUT2D eigenvalue weighted by Crippen LogP contribution is 2.06. The SMILES string of the molecule is N[C@@H]1CCN(CCN2CCOCC2)C1. The van der Waals surface area contributed by atoms with Crippen molar-refractivity contribution in [3.05, 3.63) is 0 Å². The van der Waals surface area contributed by atoms with E-state index in [1.807, 2.05) is 0 Å². The van der Waals surface area contributed by atoms with Crippen LogP contribution < -0.4 is 5.73 Å². The maximum atomic E-state index is 5.86. The zero-order valence-electron chi connectivity index (χ0n) is 8.82. The van der Waals surface area contributed by atoms with Crippen molar-refractivity contribution in [3.8, 4) is 0 Å². The average Bonchev–Trinajstić information content (AvgIpc) is 2.63. The van der Waals surface area contributed by atoms with Crippen molar-refractivity contribution < 1.29 is 4.74 Å². The summed E-state index contributed by atoms with van der Waals surface area (Å²) in [6, 6.07) is 0.416. The maximum absolute atomic E-state index is 5.86. The fourth-order valence-electron chi connectivity index (χ4n) is 2.17. The van der Waals surface area contributed by atoms with Crippen LogP contribution in [0.2, 0.25) is 0 Å². The average molecular weight is 199 g/mol. The van der Waals surface area contributed by atoms with E-state index in [2.05, 4.69) is 9.80 Å². The van der Waals surface area contributed by atoms with E-state index >= 15 is 0 Å². The Balaban J connectivity index is 1.61. The van der Waals surface area contributed by atoms with Gasteiger partial charge in [0.25, 0.3) is 0 Å². The van der Waals surface area contributed by atoms with E-state index in [1.54, 1.807) is 0 Å². The molecule has 2 heterocycles. The summed E-state index contributed by atoms with van der Waals surface area (Å²) in [5, 5.41) is 0. The van der Waals surface area contributed by atoms with Gasteiger partial charge in [0.2, 0.25) is 0 Å². The van der Waals surface area contributed by atoms with Crippen molar-refractivity contribution in [2.45, 2.75) is 12.5 Å². The Morgan fingerprint density at radius 3 is 2.43 bits per heavy atom. The van der Waals surface area contributed by atoms with Gasteiger partial charge in [-0.25, -0.2) is 0 Å². The molecule has 0 aliphatic carbocycles. The molecule has 0 radical (unpaired) electrons. The fraction of sp³-hybridized carbons (Fsp3) is 1.00. The third-order valence-corrected chi connectivity index (χ3v) is 3.14. The Kier molecular flexibility index (Phi) is 3.75. The first-order chi connectivity index (χ1) is 6.84. The lowest BCUT2D eigenvalue weighted by Gasteiger charge is -2.28. The van der Waals surface area contributed by atoms with Crippen molar-refractivity contribution >= 4 is 0 Å². The minimum Gasteiger partial charge on any atom is -0.379 e.